The summed E-state index contributed by atoms with van der Waals surface area (Å²) in [6.45, 7) is 13.7. The van der Waals surface area contributed by atoms with Crippen LogP contribution in [0.25, 0.3) is 12.2 Å². The smallest absolute Gasteiger partial charge is 0.193 e. The third-order valence-corrected chi connectivity index (χ3v) is 3.30. The molecule has 0 fully saturated rings. The van der Waals surface area contributed by atoms with Crippen LogP contribution in [0.4, 0.5) is 5.69 Å². The Bertz CT molecular complexity index is 699. The average molecular weight is 325 g/mol. The van der Waals surface area contributed by atoms with E-state index in [9.17, 15) is 0 Å². The van der Waals surface area contributed by atoms with E-state index in [1.807, 2.05) is 30.3 Å². The highest BCUT2D eigenvalue weighted by Crippen LogP contribution is 2.31. The van der Waals surface area contributed by atoms with E-state index in [0.29, 0.717) is 0 Å². The fourth-order valence-electron chi connectivity index (χ4n) is 2.26. The Kier molecular flexibility index (Phi) is 7.58. The Morgan fingerprint density at radius 2 is 1.70 bits per heavy atom. The molecule has 3 heteroatoms. The van der Waals surface area contributed by atoms with Crippen LogP contribution in [-0.2, 0) is 6.42 Å². The molecule has 0 aromatic heterocycles. The first-order valence-electron chi connectivity index (χ1n) is 7.10. The first-order chi connectivity index (χ1) is 11.2. The minimum Gasteiger partial charge on any atom is -0.374 e. The number of halogens is 1. The van der Waals surface area contributed by atoms with E-state index in [1.54, 1.807) is 12.2 Å². The number of benzene rings is 2. The van der Waals surface area contributed by atoms with Crippen molar-refractivity contribution in [2.45, 2.75) is 6.42 Å². The van der Waals surface area contributed by atoms with Crippen molar-refractivity contribution in [3.8, 4) is 0 Å². The van der Waals surface area contributed by atoms with Gasteiger partial charge in [0.1, 0.15) is 0 Å². The van der Waals surface area contributed by atoms with Crippen molar-refractivity contribution >= 4 is 34.7 Å². The lowest BCUT2D eigenvalue weighted by molar-refractivity contribution is 1.18. The van der Waals surface area contributed by atoms with E-state index < -0.39 is 0 Å². The molecule has 118 valence electrons. The SMILES string of the molecule is C=C.C=Cc1ccc(Cc2ccccc2)c(N=C(N)Cl)c1C=C. The maximum atomic E-state index is 5.78. The van der Waals surface area contributed by atoms with Crippen molar-refractivity contribution in [3.05, 3.63) is 91.0 Å². The second kappa shape index (κ2) is 9.44. The molecule has 23 heavy (non-hydrogen) atoms. The molecule has 0 atom stereocenters. The molecule has 0 unspecified atom stereocenters. The van der Waals surface area contributed by atoms with Gasteiger partial charge in [-0.1, -0.05) is 67.8 Å². The topological polar surface area (TPSA) is 38.4 Å². The molecular weight excluding hydrogens is 304 g/mol. The van der Waals surface area contributed by atoms with Gasteiger partial charge in [0.05, 0.1) is 5.69 Å². The number of nitrogens with two attached hydrogens (primary N) is 1. The molecule has 0 aliphatic heterocycles. The maximum Gasteiger partial charge on any atom is 0.193 e. The Labute approximate surface area is 143 Å². The fourth-order valence-corrected chi connectivity index (χ4v) is 2.34. The molecule has 0 aliphatic carbocycles. The molecule has 0 saturated carbocycles. The van der Waals surface area contributed by atoms with Gasteiger partial charge in [-0.05, 0) is 34.7 Å². The number of nitrogens with zero attached hydrogens (tertiary/aromatic N) is 1. The molecule has 0 saturated heterocycles. The molecule has 2 aromatic carbocycles. The quantitative estimate of drug-likeness (QED) is 0.333. The van der Waals surface area contributed by atoms with Gasteiger partial charge >= 0.3 is 0 Å². The summed E-state index contributed by atoms with van der Waals surface area (Å²) in [7, 11) is 0. The number of hydrogen-bond donors (Lipinski definition) is 1. The molecule has 0 amide bonds. The molecule has 0 heterocycles. The number of hydrogen-bond acceptors (Lipinski definition) is 1. The summed E-state index contributed by atoms with van der Waals surface area (Å²) < 4.78 is 0. The standard InChI is InChI=1S/C18H17ClN2.C2H4/c1-3-14-10-11-15(12-13-8-6-5-7-9-13)17(16(14)4-2)21-18(19)20;1-2/h3-11H,1-2,12H2,(H2,20,21);1-2H2. The first kappa shape index (κ1) is 18.5. The Hall–Kier alpha value is -2.58. The fraction of sp³-hybridized carbons (Fsp3) is 0.0500. The van der Waals surface area contributed by atoms with Crippen LogP contribution in [0.15, 0.2) is 73.8 Å². The van der Waals surface area contributed by atoms with E-state index in [4.69, 9.17) is 17.3 Å². The maximum absolute atomic E-state index is 5.78. The predicted molar refractivity (Wildman–Crippen MR) is 104 cm³/mol. The van der Waals surface area contributed by atoms with Crippen LogP contribution in [-0.4, -0.2) is 5.29 Å². The van der Waals surface area contributed by atoms with Crippen molar-refractivity contribution in [1.29, 1.82) is 0 Å². The minimum absolute atomic E-state index is 0.00799. The molecule has 2 rings (SSSR count). The van der Waals surface area contributed by atoms with E-state index in [-0.39, 0.29) is 5.29 Å². The molecule has 2 aromatic rings. The van der Waals surface area contributed by atoms with Gasteiger partial charge in [0.2, 0.25) is 0 Å². The van der Waals surface area contributed by atoms with Crippen molar-refractivity contribution in [1.82, 2.24) is 0 Å². The Morgan fingerprint density at radius 1 is 1.04 bits per heavy atom. The Morgan fingerprint density at radius 3 is 2.22 bits per heavy atom. The van der Waals surface area contributed by atoms with Crippen LogP contribution in [0.3, 0.4) is 0 Å². The number of amidine groups is 1. The zero-order valence-electron chi connectivity index (χ0n) is 13.1. The summed E-state index contributed by atoms with van der Waals surface area (Å²) in [5, 5.41) is 0.00799. The molecule has 0 bridgehead atoms. The van der Waals surface area contributed by atoms with Crippen molar-refractivity contribution in [2.75, 3.05) is 0 Å². The minimum atomic E-state index is 0.00799. The highest BCUT2D eigenvalue weighted by atomic mass is 35.5. The molecule has 2 N–H and O–H groups in total. The van der Waals surface area contributed by atoms with Gasteiger partial charge in [0, 0.05) is 5.56 Å². The third kappa shape index (κ3) is 4.97. The highest BCUT2D eigenvalue weighted by Gasteiger charge is 2.10. The first-order valence-corrected chi connectivity index (χ1v) is 7.48. The zero-order valence-corrected chi connectivity index (χ0v) is 13.9. The third-order valence-electron chi connectivity index (χ3n) is 3.21. The van der Waals surface area contributed by atoms with Gasteiger partial charge in [0.15, 0.2) is 5.29 Å². The molecule has 0 radical (unpaired) electrons. The van der Waals surface area contributed by atoms with Crippen LogP contribution < -0.4 is 5.73 Å². The number of rotatable bonds is 5. The lowest BCUT2D eigenvalue weighted by atomic mass is 9.96. The van der Waals surface area contributed by atoms with Gasteiger partial charge in [-0.25, -0.2) is 4.99 Å². The van der Waals surface area contributed by atoms with Crippen molar-refractivity contribution in [3.63, 3.8) is 0 Å². The monoisotopic (exact) mass is 324 g/mol. The van der Waals surface area contributed by atoms with E-state index >= 15 is 0 Å². The van der Waals surface area contributed by atoms with E-state index in [0.717, 1.165) is 28.8 Å². The van der Waals surface area contributed by atoms with Crippen molar-refractivity contribution in [2.24, 2.45) is 10.7 Å². The molecule has 0 aliphatic rings. The van der Waals surface area contributed by atoms with Gasteiger partial charge in [-0.3, -0.25) is 0 Å². The second-order valence-electron chi connectivity index (χ2n) is 4.58. The van der Waals surface area contributed by atoms with Crippen LogP contribution >= 0.6 is 11.6 Å². The van der Waals surface area contributed by atoms with Gasteiger partial charge in [0.25, 0.3) is 0 Å². The molecular formula is C20H21ClN2. The summed E-state index contributed by atoms with van der Waals surface area (Å²) in [4.78, 5) is 4.28. The van der Waals surface area contributed by atoms with Crippen LogP contribution in [0, 0.1) is 0 Å². The lowest BCUT2D eigenvalue weighted by Gasteiger charge is -2.12. The van der Waals surface area contributed by atoms with Crippen molar-refractivity contribution < 1.29 is 0 Å². The summed E-state index contributed by atoms with van der Waals surface area (Å²) in [5.41, 5.74) is 10.4. The normalized spacial score (nSPS) is 10.4. The van der Waals surface area contributed by atoms with Gasteiger partial charge < -0.3 is 5.73 Å². The van der Waals surface area contributed by atoms with Gasteiger partial charge in [-0.2, -0.15) is 0 Å². The van der Waals surface area contributed by atoms with Crippen LogP contribution in [0.5, 0.6) is 0 Å². The second-order valence-corrected chi connectivity index (χ2v) is 4.97. The summed E-state index contributed by atoms with van der Waals surface area (Å²) in [6, 6.07) is 14.2. The van der Waals surface area contributed by atoms with Gasteiger partial charge in [-0.15, -0.1) is 13.2 Å². The summed E-state index contributed by atoms with van der Waals surface area (Å²) in [5.74, 6) is 0. The largest absolute Gasteiger partial charge is 0.374 e. The van der Waals surface area contributed by atoms with E-state index in [2.05, 4.69) is 43.4 Å². The average Bonchev–Trinajstić information content (AvgIpc) is 2.58. The Balaban J connectivity index is 0.00000127. The molecule has 2 nitrogen and oxygen atoms in total. The lowest BCUT2D eigenvalue weighted by Crippen LogP contribution is -2.02. The predicted octanol–water partition coefficient (Wildman–Crippen LogP) is 5.55. The summed E-state index contributed by atoms with van der Waals surface area (Å²) in [6.07, 6.45) is 4.28. The number of aliphatic imine (C=N–C) groups is 1. The van der Waals surface area contributed by atoms with Crippen LogP contribution in [0.2, 0.25) is 0 Å². The van der Waals surface area contributed by atoms with Crippen LogP contribution in [0.1, 0.15) is 22.3 Å². The summed E-state index contributed by atoms with van der Waals surface area (Å²) >= 11 is 5.78. The van der Waals surface area contributed by atoms with E-state index in [1.165, 1.54) is 5.56 Å². The zero-order chi connectivity index (χ0) is 17.2. The highest BCUT2D eigenvalue weighted by molar-refractivity contribution is 6.64. The molecule has 0 spiro atoms.